The molecule has 84 valence electrons. The van der Waals surface area contributed by atoms with Gasteiger partial charge in [-0.3, -0.25) is 0 Å². The quantitative estimate of drug-likeness (QED) is 0.331. The summed E-state index contributed by atoms with van der Waals surface area (Å²) in [7, 11) is 0. The molecular weight excluding hydrogens is 198 g/mol. The highest BCUT2D eigenvalue weighted by molar-refractivity contribution is 4.96. The minimum atomic E-state index is -0.884. The zero-order valence-electron chi connectivity index (χ0n) is 8.83. The third kappa shape index (κ3) is 2.94. The highest BCUT2D eigenvalue weighted by Gasteiger charge is 2.42. The van der Waals surface area contributed by atoms with Crippen molar-refractivity contribution in [3.63, 3.8) is 0 Å². The third-order valence-electron chi connectivity index (χ3n) is 2.11. The van der Waals surface area contributed by atoms with Gasteiger partial charge >= 0.3 is 0 Å². The fourth-order valence-electron chi connectivity index (χ4n) is 1.52. The summed E-state index contributed by atoms with van der Waals surface area (Å²) in [4.78, 5) is 2.58. The molecule has 0 bridgehead atoms. The van der Waals surface area contributed by atoms with Gasteiger partial charge in [0.05, 0.1) is 12.6 Å². The molecular formula is C9H15N3O3. The van der Waals surface area contributed by atoms with Crippen LogP contribution in [0.5, 0.6) is 0 Å². The Morgan fingerprint density at radius 1 is 1.67 bits per heavy atom. The number of hydrogen-bond acceptors (Lipinski definition) is 4. The van der Waals surface area contributed by atoms with Gasteiger partial charge in [-0.2, -0.15) is 0 Å². The van der Waals surface area contributed by atoms with E-state index in [2.05, 4.69) is 16.6 Å². The molecule has 0 saturated carbocycles. The number of aliphatic hydroxyl groups is 1. The summed E-state index contributed by atoms with van der Waals surface area (Å²) < 4.78 is 11.0. The number of ether oxygens (including phenoxy) is 2. The van der Waals surface area contributed by atoms with Crippen LogP contribution in [0.2, 0.25) is 0 Å². The van der Waals surface area contributed by atoms with Crippen molar-refractivity contribution in [1.82, 2.24) is 0 Å². The first-order chi connectivity index (χ1) is 7.00. The Morgan fingerprint density at radius 3 is 2.87 bits per heavy atom. The van der Waals surface area contributed by atoms with Gasteiger partial charge < -0.3 is 14.6 Å². The van der Waals surface area contributed by atoms with Crippen LogP contribution in [0.1, 0.15) is 13.8 Å². The Hall–Kier alpha value is -1.07. The van der Waals surface area contributed by atoms with Crippen LogP contribution >= 0.6 is 0 Å². The molecule has 1 aliphatic heterocycles. The highest BCUT2D eigenvalue weighted by Crippen LogP contribution is 2.30. The summed E-state index contributed by atoms with van der Waals surface area (Å²) in [6, 6.07) is 0. The number of nitrogens with zero attached hydrogens (tertiary/aromatic N) is 3. The summed E-state index contributed by atoms with van der Waals surface area (Å²) in [5.41, 5.74) is 8.14. The largest absolute Gasteiger partial charge is 0.390 e. The second-order valence-electron chi connectivity index (χ2n) is 3.78. The summed E-state index contributed by atoms with van der Waals surface area (Å²) in [5, 5.41) is 13.0. The van der Waals surface area contributed by atoms with E-state index in [4.69, 9.17) is 15.0 Å². The van der Waals surface area contributed by atoms with E-state index in [9.17, 15) is 5.11 Å². The molecule has 6 nitrogen and oxygen atoms in total. The predicted molar refractivity (Wildman–Crippen MR) is 54.0 cm³/mol. The maximum atomic E-state index is 9.70. The van der Waals surface area contributed by atoms with E-state index in [0.717, 1.165) is 0 Å². The van der Waals surface area contributed by atoms with Crippen LogP contribution in [0.25, 0.3) is 10.4 Å². The molecule has 0 unspecified atom stereocenters. The Kier molecular flexibility index (Phi) is 3.71. The van der Waals surface area contributed by atoms with E-state index in [-0.39, 0.29) is 12.6 Å². The average Bonchev–Trinajstić information content (AvgIpc) is 2.50. The van der Waals surface area contributed by atoms with Crippen molar-refractivity contribution in [2.75, 3.05) is 6.54 Å². The van der Waals surface area contributed by atoms with Gasteiger partial charge in [0.2, 0.25) is 0 Å². The van der Waals surface area contributed by atoms with Crippen molar-refractivity contribution in [3.8, 4) is 0 Å². The van der Waals surface area contributed by atoms with Crippen molar-refractivity contribution in [2.24, 2.45) is 5.11 Å². The molecule has 0 aliphatic carbocycles. The molecule has 0 radical (unpaired) electrons. The Bertz CT molecular complexity index is 286. The fraction of sp³-hybridized carbons (Fsp3) is 0.778. The van der Waals surface area contributed by atoms with Gasteiger partial charge in [0.15, 0.2) is 5.79 Å². The lowest BCUT2D eigenvalue weighted by Crippen LogP contribution is -2.36. The average molecular weight is 213 g/mol. The summed E-state index contributed by atoms with van der Waals surface area (Å²) in [5.74, 6) is -0.749. The topological polar surface area (TPSA) is 87.5 Å². The molecule has 15 heavy (non-hydrogen) atoms. The fourth-order valence-corrected chi connectivity index (χ4v) is 1.52. The van der Waals surface area contributed by atoms with Gasteiger partial charge in [-0.1, -0.05) is 11.2 Å². The second kappa shape index (κ2) is 4.63. The van der Waals surface area contributed by atoms with E-state index in [1.807, 2.05) is 0 Å². The number of rotatable bonds is 4. The van der Waals surface area contributed by atoms with E-state index in [0.29, 0.717) is 0 Å². The third-order valence-corrected chi connectivity index (χ3v) is 2.11. The predicted octanol–water partition coefficient (Wildman–Crippen LogP) is 1.36. The Labute approximate surface area is 88.1 Å². The van der Waals surface area contributed by atoms with E-state index < -0.39 is 18.0 Å². The minimum Gasteiger partial charge on any atom is -0.390 e. The molecule has 1 aliphatic rings. The summed E-state index contributed by atoms with van der Waals surface area (Å²) in [6.45, 7) is 7.07. The second-order valence-corrected chi connectivity index (χ2v) is 3.78. The molecule has 0 spiro atoms. The van der Waals surface area contributed by atoms with Crippen LogP contribution in [-0.2, 0) is 9.47 Å². The molecule has 1 fully saturated rings. The first-order valence-corrected chi connectivity index (χ1v) is 4.67. The molecule has 0 aromatic rings. The van der Waals surface area contributed by atoms with Crippen molar-refractivity contribution < 1.29 is 14.6 Å². The SMILES string of the molecule is C=C[C@H]1OC(C)(C)O[C@H]1[C@@H](O)CN=[N+]=[N-]. The van der Waals surface area contributed by atoms with Gasteiger partial charge in [-0.25, -0.2) is 0 Å². The molecule has 3 atom stereocenters. The van der Waals surface area contributed by atoms with Gasteiger partial charge in [-0.15, -0.1) is 6.58 Å². The summed E-state index contributed by atoms with van der Waals surface area (Å²) >= 11 is 0. The van der Waals surface area contributed by atoms with Crippen molar-refractivity contribution in [3.05, 3.63) is 23.1 Å². The van der Waals surface area contributed by atoms with E-state index in [1.165, 1.54) is 0 Å². The van der Waals surface area contributed by atoms with Gasteiger partial charge in [0.1, 0.15) is 12.2 Å². The first-order valence-electron chi connectivity index (χ1n) is 4.67. The highest BCUT2D eigenvalue weighted by atomic mass is 16.8. The van der Waals surface area contributed by atoms with Gasteiger partial charge in [0.25, 0.3) is 0 Å². The minimum absolute atomic E-state index is 0.0368. The standard InChI is InChI=1S/C9H15N3O3/c1-4-7-8(6(13)5-11-12-10)15-9(2,3)14-7/h4,6-8,13H,1,5H2,2-3H3/t6-,7+,8-/m0/s1. The van der Waals surface area contributed by atoms with Crippen LogP contribution < -0.4 is 0 Å². The van der Waals surface area contributed by atoms with Crippen LogP contribution in [0.4, 0.5) is 0 Å². The Balaban J connectivity index is 2.67. The zero-order chi connectivity index (χ0) is 11.5. The lowest BCUT2D eigenvalue weighted by molar-refractivity contribution is -0.152. The monoisotopic (exact) mass is 213 g/mol. The molecule has 1 heterocycles. The van der Waals surface area contributed by atoms with Crippen LogP contribution in [0.15, 0.2) is 17.8 Å². The molecule has 0 aromatic heterocycles. The summed E-state index contributed by atoms with van der Waals surface area (Å²) in [6.07, 6.45) is -0.240. The zero-order valence-corrected chi connectivity index (χ0v) is 8.83. The number of hydrogen-bond donors (Lipinski definition) is 1. The van der Waals surface area contributed by atoms with Crippen molar-refractivity contribution in [2.45, 2.75) is 37.9 Å². The lowest BCUT2D eigenvalue weighted by Gasteiger charge is -2.19. The first kappa shape index (κ1) is 12.0. The normalized spacial score (nSPS) is 30.6. The van der Waals surface area contributed by atoms with Crippen LogP contribution in [0, 0.1) is 0 Å². The Morgan fingerprint density at radius 2 is 2.33 bits per heavy atom. The van der Waals surface area contributed by atoms with Crippen molar-refractivity contribution in [1.29, 1.82) is 0 Å². The number of azide groups is 1. The lowest BCUT2D eigenvalue weighted by atomic mass is 10.1. The van der Waals surface area contributed by atoms with E-state index in [1.54, 1.807) is 19.9 Å². The van der Waals surface area contributed by atoms with Gasteiger partial charge in [-0.05, 0) is 19.4 Å². The molecule has 1 saturated heterocycles. The van der Waals surface area contributed by atoms with Crippen LogP contribution in [-0.4, -0.2) is 35.8 Å². The molecule has 1 rings (SSSR count). The molecule has 1 N–H and O–H groups in total. The maximum Gasteiger partial charge on any atom is 0.164 e. The molecule has 0 aromatic carbocycles. The van der Waals surface area contributed by atoms with Crippen molar-refractivity contribution >= 4 is 0 Å². The van der Waals surface area contributed by atoms with Gasteiger partial charge in [0, 0.05) is 4.91 Å². The number of aliphatic hydroxyl groups excluding tert-OH is 1. The maximum absolute atomic E-state index is 9.70. The van der Waals surface area contributed by atoms with Crippen LogP contribution in [0.3, 0.4) is 0 Å². The van der Waals surface area contributed by atoms with E-state index >= 15 is 0 Å². The molecule has 0 amide bonds. The molecule has 6 heteroatoms. The smallest absolute Gasteiger partial charge is 0.164 e.